The van der Waals surface area contributed by atoms with E-state index in [1.165, 1.54) is 10.9 Å². The first-order chi connectivity index (χ1) is 9.90. The second kappa shape index (κ2) is 5.31. The number of ketones is 1. The highest BCUT2D eigenvalue weighted by Crippen LogP contribution is 2.41. The van der Waals surface area contributed by atoms with E-state index in [9.17, 15) is 18.0 Å². The van der Waals surface area contributed by atoms with E-state index in [-0.39, 0.29) is 11.6 Å². The lowest BCUT2D eigenvalue weighted by atomic mass is 9.90. The van der Waals surface area contributed by atoms with E-state index >= 15 is 0 Å². The van der Waals surface area contributed by atoms with E-state index in [1.807, 2.05) is 11.8 Å². The largest absolute Gasteiger partial charge is 0.454 e. The van der Waals surface area contributed by atoms with Gasteiger partial charge in [0.25, 0.3) is 5.78 Å². The molecule has 4 nitrogen and oxygen atoms in total. The molecule has 116 valence electrons. The molecule has 3 heterocycles. The van der Waals surface area contributed by atoms with Gasteiger partial charge in [0, 0.05) is 18.6 Å². The van der Waals surface area contributed by atoms with Crippen molar-refractivity contribution in [2.24, 2.45) is 0 Å². The second-order valence-electron chi connectivity index (χ2n) is 5.52. The zero-order valence-electron chi connectivity index (χ0n) is 11.2. The van der Waals surface area contributed by atoms with Crippen molar-refractivity contribution in [3.8, 4) is 0 Å². The number of carbonyl (C=O) groups is 1. The smallest absolute Gasteiger partial charge is 0.374 e. The molecular weight excluding hydrogens is 305 g/mol. The van der Waals surface area contributed by atoms with Crippen molar-refractivity contribution in [2.45, 2.75) is 37.1 Å². The molecule has 0 saturated carbocycles. The topological polar surface area (TPSA) is 44.1 Å². The molecule has 1 aromatic heterocycles. The van der Waals surface area contributed by atoms with Crippen LogP contribution in [0.1, 0.15) is 35.7 Å². The van der Waals surface area contributed by atoms with Crippen LogP contribution in [0.3, 0.4) is 0 Å². The zero-order chi connectivity index (χ0) is 15.1. The van der Waals surface area contributed by atoms with Gasteiger partial charge in [-0.1, -0.05) is 0 Å². The summed E-state index contributed by atoms with van der Waals surface area (Å²) in [5.74, 6) is 0.120. The Labute approximate surface area is 124 Å². The Hall–Kier alpha value is -1.02. The number of aromatic nitrogens is 2. The Morgan fingerprint density at radius 2 is 2.33 bits per heavy atom. The van der Waals surface area contributed by atoms with Crippen LogP contribution in [-0.2, 0) is 4.74 Å². The number of rotatable bonds is 2. The van der Waals surface area contributed by atoms with Crippen molar-refractivity contribution in [1.29, 1.82) is 0 Å². The quantitative estimate of drug-likeness (QED) is 0.786. The molecular formula is C13H15F3N2O2S. The molecule has 2 fully saturated rings. The number of alkyl halides is 3. The first kappa shape index (κ1) is 14.9. The van der Waals surface area contributed by atoms with E-state index in [4.69, 9.17) is 4.74 Å². The molecule has 0 amide bonds. The lowest BCUT2D eigenvalue weighted by molar-refractivity contribution is -0.0886. The van der Waals surface area contributed by atoms with Gasteiger partial charge in [0.2, 0.25) is 0 Å². The standard InChI is InChI=1S/C13H15F3N2O2S/c14-13(15,16)11(19)9-6-17-18(7-9)10-1-3-20-12(5-10)2-4-21-8-12/h6-7,10H,1-5,8H2. The number of nitrogens with zero attached hydrogens (tertiary/aromatic N) is 2. The van der Waals surface area contributed by atoms with Gasteiger partial charge in [-0.15, -0.1) is 0 Å². The average molecular weight is 320 g/mol. The van der Waals surface area contributed by atoms with Crippen molar-refractivity contribution >= 4 is 17.5 Å². The Bertz CT molecular complexity index is 538. The maximum Gasteiger partial charge on any atom is 0.454 e. The van der Waals surface area contributed by atoms with E-state index in [1.54, 1.807) is 0 Å². The summed E-state index contributed by atoms with van der Waals surface area (Å²) in [6, 6.07) is -0.00719. The van der Waals surface area contributed by atoms with Crippen LogP contribution < -0.4 is 0 Å². The molecule has 0 N–H and O–H groups in total. The number of ether oxygens (including phenoxy) is 1. The first-order valence-electron chi connectivity index (χ1n) is 6.77. The first-order valence-corrected chi connectivity index (χ1v) is 7.93. The van der Waals surface area contributed by atoms with Crippen LogP contribution in [0.4, 0.5) is 13.2 Å². The third kappa shape index (κ3) is 2.96. The normalized spacial score (nSPS) is 30.0. The molecule has 2 saturated heterocycles. The number of thioether (sulfide) groups is 1. The lowest BCUT2D eigenvalue weighted by Gasteiger charge is -2.37. The van der Waals surface area contributed by atoms with Crippen LogP contribution in [-0.4, -0.2) is 45.5 Å². The lowest BCUT2D eigenvalue weighted by Crippen LogP contribution is -2.40. The van der Waals surface area contributed by atoms with Gasteiger partial charge in [-0.05, 0) is 25.0 Å². The molecule has 1 aromatic rings. The van der Waals surface area contributed by atoms with E-state index in [0.717, 1.165) is 30.5 Å². The van der Waals surface area contributed by atoms with Crippen molar-refractivity contribution in [3.05, 3.63) is 18.0 Å². The average Bonchev–Trinajstić information content (AvgIpc) is 3.07. The number of hydrogen-bond acceptors (Lipinski definition) is 4. The fraction of sp³-hybridized carbons (Fsp3) is 0.692. The molecule has 0 aromatic carbocycles. The Morgan fingerprint density at radius 3 is 3.00 bits per heavy atom. The molecule has 2 unspecified atom stereocenters. The highest BCUT2D eigenvalue weighted by molar-refractivity contribution is 7.99. The number of carbonyl (C=O) groups excluding carboxylic acids is 1. The molecule has 2 aliphatic heterocycles. The van der Waals surface area contributed by atoms with Gasteiger partial charge in [-0.25, -0.2) is 0 Å². The number of hydrogen-bond donors (Lipinski definition) is 0. The van der Waals surface area contributed by atoms with Crippen LogP contribution >= 0.6 is 11.8 Å². The number of Topliss-reactive ketones (excluding diaryl/α,β-unsaturated/α-hetero) is 1. The van der Waals surface area contributed by atoms with Crippen molar-refractivity contribution in [1.82, 2.24) is 9.78 Å². The summed E-state index contributed by atoms with van der Waals surface area (Å²) in [4.78, 5) is 11.2. The number of halogens is 3. The summed E-state index contributed by atoms with van der Waals surface area (Å²) < 4.78 is 44.6. The summed E-state index contributed by atoms with van der Waals surface area (Å²) in [7, 11) is 0. The predicted molar refractivity (Wildman–Crippen MR) is 71.5 cm³/mol. The molecule has 1 spiro atoms. The summed E-state index contributed by atoms with van der Waals surface area (Å²) in [5, 5.41) is 3.96. The molecule has 0 bridgehead atoms. The highest BCUT2D eigenvalue weighted by Gasteiger charge is 2.42. The molecule has 21 heavy (non-hydrogen) atoms. The summed E-state index contributed by atoms with van der Waals surface area (Å²) in [6.07, 6.45) is -0.241. The summed E-state index contributed by atoms with van der Waals surface area (Å²) in [5.41, 5.74) is -0.572. The van der Waals surface area contributed by atoms with Gasteiger partial charge in [0.1, 0.15) is 0 Å². The van der Waals surface area contributed by atoms with Crippen LogP contribution in [0.25, 0.3) is 0 Å². The van der Waals surface area contributed by atoms with Gasteiger partial charge in [-0.3, -0.25) is 9.48 Å². The minimum Gasteiger partial charge on any atom is -0.374 e. The van der Waals surface area contributed by atoms with Crippen molar-refractivity contribution in [2.75, 3.05) is 18.1 Å². The second-order valence-corrected chi connectivity index (χ2v) is 6.62. The van der Waals surface area contributed by atoms with Gasteiger partial charge in [-0.2, -0.15) is 30.0 Å². The molecule has 0 radical (unpaired) electrons. The summed E-state index contributed by atoms with van der Waals surface area (Å²) >= 11 is 1.83. The SMILES string of the molecule is O=C(c1cnn(C2CCOC3(CCSC3)C2)c1)C(F)(F)F. The molecule has 2 atom stereocenters. The highest BCUT2D eigenvalue weighted by atomic mass is 32.2. The molecule has 2 aliphatic rings. The molecule has 8 heteroatoms. The molecule has 3 rings (SSSR count). The monoisotopic (exact) mass is 320 g/mol. The maximum absolute atomic E-state index is 12.4. The van der Waals surface area contributed by atoms with Crippen LogP contribution in [0.2, 0.25) is 0 Å². The van der Waals surface area contributed by atoms with Gasteiger partial charge < -0.3 is 4.74 Å². The van der Waals surface area contributed by atoms with Crippen LogP contribution in [0.15, 0.2) is 12.4 Å². The van der Waals surface area contributed by atoms with Crippen molar-refractivity contribution < 1.29 is 22.7 Å². The van der Waals surface area contributed by atoms with Crippen LogP contribution in [0, 0.1) is 0 Å². The molecule has 0 aliphatic carbocycles. The minimum absolute atomic E-state index is 0.00719. The van der Waals surface area contributed by atoms with E-state index in [2.05, 4.69) is 5.10 Å². The minimum atomic E-state index is -4.85. The predicted octanol–water partition coefficient (Wildman–Crippen LogP) is 2.86. The van der Waals surface area contributed by atoms with Crippen molar-refractivity contribution in [3.63, 3.8) is 0 Å². The third-order valence-electron chi connectivity index (χ3n) is 4.03. The Kier molecular flexibility index (Phi) is 3.77. The zero-order valence-corrected chi connectivity index (χ0v) is 12.0. The van der Waals surface area contributed by atoms with Gasteiger partial charge in [0.15, 0.2) is 0 Å². The summed E-state index contributed by atoms with van der Waals surface area (Å²) in [6.45, 7) is 0.577. The van der Waals surface area contributed by atoms with Gasteiger partial charge in [0.05, 0.1) is 23.4 Å². The fourth-order valence-electron chi connectivity index (χ4n) is 2.91. The van der Waals surface area contributed by atoms with Crippen LogP contribution in [0.5, 0.6) is 0 Å². The fourth-order valence-corrected chi connectivity index (χ4v) is 4.29. The Morgan fingerprint density at radius 1 is 1.52 bits per heavy atom. The maximum atomic E-state index is 12.4. The van der Waals surface area contributed by atoms with Gasteiger partial charge >= 0.3 is 6.18 Å². The Balaban J connectivity index is 1.75. The van der Waals surface area contributed by atoms with E-state index in [0.29, 0.717) is 13.0 Å². The van der Waals surface area contributed by atoms with E-state index < -0.39 is 17.5 Å². The third-order valence-corrected chi connectivity index (χ3v) is 5.25.